The Hall–Kier alpha value is -4.94. The molecule has 6 saturated heterocycles. The number of carbonyl (C=O) groups excluding carboxylic acids is 2. The van der Waals surface area contributed by atoms with Crippen LogP contribution in [-0.2, 0) is 22.8 Å². The Morgan fingerprint density at radius 1 is 0.615 bits per heavy atom. The van der Waals surface area contributed by atoms with Gasteiger partial charge in [-0.25, -0.2) is 9.59 Å². The van der Waals surface area contributed by atoms with Gasteiger partial charge in [0.2, 0.25) is 0 Å². The summed E-state index contributed by atoms with van der Waals surface area (Å²) in [6, 6.07) is 19.2. The summed E-state index contributed by atoms with van der Waals surface area (Å²) in [5.41, 5.74) is 1.65. The fourth-order valence-electron chi connectivity index (χ4n) is 8.54. The number of fused-ring (bicyclic) bond motifs is 6. The maximum Gasteiger partial charge on any atom is 0.326 e. The minimum atomic E-state index is -1.13. The van der Waals surface area contributed by atoms with Crippen LogP contribution in [0.3, 0.4) is 0 Å². The van der Waals surface area contributed by atoms with Crippen molar-refractivity contribution in [1.82, 2.24) is 20.4 Å². The van der Waals surface area contributed by atoms with Crippen LogP contribution in [0.25, 0.3) is 0 Å². The molecule has 6 aliphatic heterocycles. The number of nitrogens with zero attached hydrogens (tertiary/aromatic N) is 2. The molecule has 0 spiro atoms. The molecule has 2 unspecified atom stereocenters. The largest absolute Gasteiger partial charge is 0.488 e. The van der Waals surface area contributed by atoms with Gasteiger partial charge in [-0.1, -0.05) is 60.7 Å². The first-order valence-electron chi connectivity index (χ1n) is 18.3. The fourth-order valence-corrected chi connectivity index (χ4v) is 8.54. The van der Waals surface area contributed by atoms with Gasteiger partial charge in [0, 0.05) is 24.9 Å². The van der Waals surface area contributed by atoms with Crippen LogP contribution in [0.5, 0.6) is 11.5 Å². The highest BCUT2D eigenvalue weighted by Crippen LogP contribution is 2.37. The van der Waals surface area contributed by atoms with Gasteiger partial charge in [0.15, 0.2) is 0 Å². The molecule has 4 N–H and O–H groups in total. The normalized spacial score (nSPS) is 25.8. The monoisotopic (exact) mass is 710 g/mol. The quantitative estimate of drug-likeness (QED) is 0.194. The molecule has 12 heteroatoms. The van der Waals surface area contributed by atoms with E-state index in [1.807, 2.05) is 60.7 Å². The van der Waals surface area contributed by atoms with Crippen LogP contribution in [0.2, 0.25) is 0 Å². The van der Waals surface area contributed by atoms with Gasteiger partial charge in [-0.15, -0.1) is 0 Å². The molecule has 4 atom stereocenters. The lowest BCUT2D eigenvalue weighted by Gasteiger charge is -2.46. The van der Waals surface area contributed by atoms with Gasteiger partial charge in [-0.2, -0.15) is 0 Å². The number of carboxylic acid groups (broad SMARTS) is 2. The molecule has 0 saturated carbocycles. The van der Waals surface area contributed by atoms with Crippen molar-refractivity contribution in [3.05, 3.63) is 95.1 Å². The second-order valence-electron chi connectivity index (χ2n) is 14.6. The highest BCUT2D eigenvalue weighted by Gasteiger charge is 2.44. The van der Waals surface area contributed by atoms with Crippen molar-refractivity contribution in [1.29, 1.82) is 0 Å². The van der Waals surface area contributed by atoms with Crippen LogP contribution in [0.15, 0.2) is 72.8 Å². The Morgan fingerprint density at radius 3 is 1.29 bits per heavy atom. The Balaban J connectivity index is 1.23. The zero-order chi connectivity index (χ0) is 36.2. The summed E-state index contributed by atoms with van der Waals surface area (Å²) >= 11 is 0. The van der Waals surface area contributed by atoms with E-state index in [2.05, 4.69) is 20.4 Å². The van der Waals surface area contributed by atoms with E-state index in [-0.39, 0.29) is 59.5 Å². The minimum Gasteiger partial charge on any atom is -0.488 e. The van der Waals surface area contributed by atoms with Crippen LogP contribution >= 0.6 is 0 Å². The SMILES string of the molecule is O=C(NC(C(=O)O)[C@H]1CN2CCC1CC2)c1cc(OCc2ccccc2)c(C(=O)NC(C(=O)O)[C@H]2CN3CCC2CC3)cc1OCc1ccccc1. The topological polar surface area (TPSA) is 158 Å². The van der Waals surface area contributed by atoms with Gasteiger partial charge in [0.1, 0.15) is 36.8 Å². The third kappa shape index (κ3) is 7.93. The molecule has 6 aliphatic rings. The lowest BCUT2D eigenvalue weighted by atomic mass is 9.75. The summed E-state index contributed by atoms with van der Waals surface area (Å²) in [6.45, 7) is 5.00. The third-order valence-electron chi connectivity index (χ3n) is 11.4. The number of hydrogen-bond acceptors (Lipinski definition) is 8. The Bertz CT molecular complexity index is 1630. The highest BCUT2D eigenvalue weighted by atomic mass is 16.5. The Kier molecular flexibility index (Phi) is 10.7. The highest BCUT2D eigenvalue weighted by molar-refractivity contribution is 6.04. The third-order valence-corrected chi connectivity index (χ3v) is 11.4. The lowest BCUT2D eigenvalue weighted by Crippen LogP contribution is -2.58. The van der Waals surface area contributed by atoms with Crippen molar-refractivity contribution in [3.8, 4) is 11.5 Å². The van der Waals surface area contributed by atoms with Crippen LogP contribution < -0.4 is 20.1 Å². The predicted octanol–water partition coefficient (Wildman–Crippen LogP) is 3.89. The standard InChI is InChI=1S/C40H46N4O8/c45-37(41-35(39(47)48)31-21-43-15-11-27(31)12-16-43)29-20-34(52-24-26-9-5-2-6-10-26)30(19-33(29)51-23-25-7-3-1-4-8-25)38(46)42-36(40(49)50)32-22-44-17-13-28(32)14-18-44/h1-10,19-20,27-28,31-32,35-36H,11-18,21-24H2,(H,41,45)(H,42,46)(H,47,48)(H,49,50)/t31-,32-,35?,36?/m0/s1. The van der Waals surface area contributed by atoms with Crippen molar-refractivity contribution in [2.24, 2.45) is 23.7 Å². The molecule has 9 rings (SSSR count). The molecule has 4 bridgehead atoms. The number of amides is 2. The number of rotatable bonds is 14. The van der Waals surface area contributed by atoms with E-state index >= 15 is 0 Å². The van der Waals surface area contributed by atoms with Crippen molar-refractivity contribution in [3.63, 3.8) is 0 Å². The second-order valence-corrected chi connectivity index (χ2v) is 14.6. The van der Waals surface area contributed by atoms with Gasteiger partial charge in [0.25, 0.3) is 11.8 Å². The molecule has 52 heavy (non-hydrogen) atoms. The smallest absolute Gasteiger partial charge is 0.326 e. The van der Waals surface area contributed by atoms with Gasteiger partial charge in [-0.3, -0.25) is 9.59 Å². The van der Waals surface area contributed by atoms with E-state index < -0.39 is 35.8 Å². The molecule has 6 fully saturated rings. The van der Waals surface area contributed by atoms with E-state index in [9.17, 15) is 29.4 Å². The molecule has 6 heterocycles. The van der Waals surface area contributed by atoms with Crippen molar-refractivity contribution in [2.75, 3.05) is 39.3 Å². The van der Waals surface area contributed by atoms with E-state index in [0.29, 0.717) is 13.1 Å². The number of benzene rings is 3. The molecule has 274 valence electrons. The molecule has 0 aromatic heterocycles. The van der Waals surface area contributed by atoms with E-state index in [1.54, 1.807) is 0 Å². The van der Waals surface area contributed by atoms with Crippen LogP contribution in [0.4, 0.5) is 0 Å². The number of piperidine rings is 6. The molecule has 12 nitrogen and oxygen atoms in total. The van der Waals surface area contributed by atoms with Gasteiger partial charge < -0.3 is 40.1 Å². The molecule has 0 aliphatic carbocycles. The van der Waals surface area contributed by atoms with Crippen LogP contribution in [-0.4, -0.2) is 95.1 Å². The summed E-state index contributed by atoms with van der Waals surface area (Å²) in [5, 5.41) is 26.3. The molecule has 2 amide bonds. The van der Waals surface area contributed by atoms with E-state index in [4.69, 9.17) is 9.47 Å². The average molecular weight is 711 g/mol. The van der Waals surface area contributed by atoms with Crippen molar-refractivity contribution in [2.45, 2.75) is 51.0 Å². The molecule has 0 radical (unpaired) electrons. The van der Waals surface area contributed by atoms with Gasteiger partial charge in [-0.05, 0) is 87.0 Å². The summed E-state index contributed by atoms with van der Waals surface area (Å²) in [6.07, 6.45) is 3.53. The number of nitrogens with one attached hydrogen (secondary N) is 2. The average Bonchev–Trinajstić information content (AvgIpc) is 3.18. The number of ether oxygens (including phenoxy) is 2. The van der Waals surface area contributed by atoms with Crippen molar-refractivity contribution < 1.29 is 38.9 Å². The number of carboxylic acids is 2. The summed E-state index contributed by atoms with van der Waals surface area (Å²) in [5.74, 6) is -3.59. The minimum absolute atomic E-state index is 0.00948. The maximum absolute atomic E-state index is 14.2. The molecule has 3 aromatic carbocycles. The van der Waals surface area contributed by atoms with Crippen molar-refractivity contribution >= 4 is 23.8 Å². The predicted molar refractivity (Wildman–Crippen MR) is 191 cm³/mol. The zero-order valence-corrected chi connectivity index (χ0v) is 29.1. The summed E-state index contributed by atoms with van der Waals surface area (Å²) in [4.78, 5) is 58.2. The maximum atomic E-state index is 14.2. The molecular formula is C40H46N4O8. The number of carbonyl (C=O) groups is 4. The summed E-state index contributed by atoms with van der Waals surface area (Å²) in [7, 11) is 0. The number of aliphatic carboxylic acids is 2. The second kappa shape index (κ2) is 15.7. The molecular weight excluding hydrogens is 664 g/mol. The summed E-state index contributed by atoms with van der Waals surface area (Å²) < 4.78 is 12.4. The van der Waals surface area contributed by atoms with Gasteiger partial charge >= 0.3 is 11.9 Å². The Morgan fingerprint density at radius 2 is 0.981 bits per heavy atom. The first-order valence-corrected chi connectivity index (χ1v) is 18.3. The van der Waals surface area contributed by atoms with Crippen LogP contribution in [0, 0.1) is 23.7 Å². The number of hydrogen-bond donors (Lipinski definition) is 4. The first kappa shape index (κ1) is 35.5. The van der Waals surface area contributed by atoms with Gasteiger partial charge in [0.05, 0.1) is 11.1 Å². The fraction of sp³-hybridized carbons (Fsp3) is 0.450. The van der Waals surface area contributed by atoms with Crippen LogP contribution in [0.1, 0.15) is 57.5 Å². The Labute approximate surface area is 303 Å². The zero-order valence-electron chi connectivity index (χ0n) is 29.1. The lowest BCUT2D eigenvalue weighted by molar-refractivity contribution is -0.143. The molecule has 3 aromatic rings. The van der Waals surface area contributed by atoms with E-state index in [0.717, 1.165) is 63.0 Å². The van der Waals surface area contributed by atoms with E-state index in [1.165, 1.54) is 12.1 Å². The first-order chi connectivity index (χ1) is 25.2.